The molecule has 3 aromatic rings. The minimum atomic E-state index is -0.871. The fourth-order valence-electron chi connectivity index (χ4n) is 5.00. The van der Waals surface area contributed by atoms with Crippen molar-refractivity contribution in [2.24, 2.45) is 0 Å². The topological polar surface area (TPSA) is 142 Å². The number of halogens is 2. The maximum Gasteiger partial charge on any atom is 0.414 e. The first kappa shape index (κ1) is 29.5. The highest BCUT2D eigenvalue weighted by Gasteiger charge is 2.34. The Bertz CT molecular complexity index is 1490. The SMILES string of the molecule is CCN(CC(=O)N1CCN(c2c(F)cc(N3CC(CNC(=O)OC)OC3=O)cc2F)CC1)C(=O)c1cn2ccncc2n1. The Hall–Kier alpha value is -5.02. The molecular weight excluding hydrogens is 570 g/mol. The number of anilines is 2. The van der Waals surface area contributed by atoms with Gasteiger partial charge in [-0.25, -0.2) is 23.4 Å². The van der Waals surface area contributed by atoms with Gasteiger partial charge in [0.05, 0.1) is 32.1 Å². The Balaban J connectivity index is 1.18. The summed E-state index contributed by atoms with van der Waals surface area (Å²) in [5.74, 6) is -2.43. The highest BCUT2D eigenvalue weighted by molar-refractivity contribution is 5.95. The van der Waals surface area contributed by atoms with Crippen molar-refractivity contribution >= 4 is 41.0 Å². The number of likely N-dealkylation sites (N-methyl/N-ethyl adjacent to an activating group) is 1. The van der Waals surface area contributed by atoms with Crippen LogP contribution in [-0.2, 0) is 14.3 Å². The van der Waals surface area contributed by atoms with E-state index in [9.17, 15) is 19.2 Å². The van der Waals surface area contributed by atoms with Gasteiger partial charge in [-0.3, -0.25) is 19.5 Å². The van der Waals surface area contributed by atoms with Crippen molar-refractivity contribution in [1.82, 2.24) is 29.5 Å². The van der Waals surface area contributed by atoms with Gasteiger partial charge in [0, 0.05) is 63.4 Å². The van der Waals surface area contributed by atoms with E-state index < -0.39 is 35.8 Å². The summed E-state index contributed by atoms with van der Waals surface area (Å²) < 4.78 is 41.7. The minimum absolute atomic E-state index is 0.0204. The number of cyclic esters (lactones) is 1. The van der Waals surface area contributed by atoms with Crippen molar-refractivity contribution in [3.8, 4) is 0 Å². The van der Waals surface area contributed by atoms with E-state index in [1.165, 1.54) is 23.1 Å². The molecule has 1 N–H and O–H groups in total. The van der Waals surface area contributed by atoms with E-state index in [4.69, 9.17) is 4.74 Å². The third kappa shape index (κ3) is 6.27. The van der Waals surface area contributed by atoms with Crippen molar-refractivity contribution in [3.05, 3.63) is 54.2 Å². The van der Waals surface area contributed by atoms with E-state index in [1.54, 1.807) is 34.8 Å². The third-order valence-electron chi connectivity index (χ3n) is 7.27. The van der Waals surface area contributed by atoms with E-state index in [-0.39, 0.29) is 75.3 Å². The molecule has 2 fully saturated rings. The molecule has 2 aliphatic rings. The van der Waals surface area contributed by atoms with E-state index in [1.807, 2.05) is 0 Å². The number of carbonyl (C=O) groups is 4. The first-order chi connectivity index (χ1) is 20.7. The lowest BCUT2D eigenvalue weighted by Crippen LogP contribution is -2.52. The lowest BCUT2D eigenvalue weighted by molar-refractivity contribution is -0.132. The van der Waals surface area contributed by atoms with Crippen LogP contribution >= 0.6 is 0 Å². The quantitative estimate of drug-likeness (QED) is 0.407. The molecule has 4 amide bonds. The molecule has 0 radical (unpaired) electrons. The van der Waals surface area contributed by atoms with E-state index in [2.05, 4.69) is 20.0 Å². The van der Waals surface area contributed by atoms with Crippen LogP contribution in [0.1, 0.15) is 17.4 Å². The second kappa shape index (κ2) is 12.5. The molecule has 43 heavy (non-hydrogen) atoms. The molecule has 0 aliphatic carbocycles. The monoisotopic (exact) mass is 600 g/mol. The van der Waals surface area contributed by atoms with Crippen LogP contribution in [0.3, 0.4) is 0 Å². The predicted molar refractivity (Wildman–Crippen MR) is 148 cm³/mol. The molecule has 1 aromatic carbocycles. The van der Waals surface area contributed by atoms with Gasteiger partial charge in [-0.05, 0) is 6.92 Å². The van der Waals surface area contributed by atoms with Crippen molar-refractivity contribution in [3.63, 3.8) is 0 Å². The Morgan fingerprint density at radius 3 is 2.53 bits per heavy atom. The molecule has 228 valence electrons. The van der Waals surface area contributed by atoms with Crippen LogP contribution in [0.25, 0.3) is 5.65 Å². The molecule has 16 heteroatoms. The van der Waals surface area contributed by atoms with Crippen LogP contribution in [0.4, 0.5) is 29.7 Å². The number of fused-ring (bicyclic) bond motifs is 1. The summed E-state index contributed by atoms with van der Waals surface area (Å²) in [4.78, 5) is 63.4. The van der Waals surface area contributed by atoms with Crippen LogP contribution < -0.4 is 15.1 Å². The summed E-state index contributed by atoms with van der Waals surface area (Å²) in [5, 5.41) is 2.41. The van der Waals surface area contributed by atoms with Crippen LogP contribution in [0.15, 0.2) is 36.9 Å². The number of hydrogen-bond acceptors (Lipinski definition) is 9. The number of hydrogen-bond donors (Lipinski definition) is 1. The van der Waals surface area contributed by atoms with Crippen LogP contribution in [0, 0.1) is 11.6 Å². The molecule has 0 bridgehead atoms. The van der Waals surface area contributed by atoms with Gasteiger partial charge < -0.3 is 33.9 Å². The van der Waals surface area contributed by atoms with Crippen molar-refractivity contribution in [2.75, 3.05) is 69.3 Å². The van der Waals surface area contributed by atoms with E-state index in [0.717, 1.165) is 17.0 Å². The van der Waals surface area contributed by atoms with Gasteiger partial charge in [0.25, 0.3) is 5.91 Å². The molecule has 4 heterocycles. The molecule has 5 rings (SSSR count). The lowest BCUT2D eigenvalue weighted by atomic mass is 10.2. The number of ether oxygens (including phenoxy) is 2. The van der Waals surface area contributed by atoms with Crippen LogP contribution in [0.2, 0.25) is 0 Å². The Morgan fingerprint density at radius 1 is 1.16 bits per heavy atom. The van der Waals surface area contributed by atoms with Gasteiger partial charge in [-0.15, -0.1) is 0 Å². The molecular formula is C27H30F2N8O6. The smallest absolute Gasteiger partial charge is 0.414 e. The molecule has 1 atom stereocenters. The molecule has 2 aromatic heterocycles. The Morgan fingerprint density at radius 2 is 1.88 bits per heavy atom. The zero-order valence-corrected chi connectivity index (χ0v) is 23.5. The van der Waals surface area contributed by atoms with Gasteiger partial charge >= 0.3 is 12.2 Å². The molecule has 14 nitrogen and oxygen atoms in total. The fourth-order valence-corrected chi connectivity index (χ4v) is 5.00. The van der Waals surface area contributed by atoms with E-state index in [0.29, 0.717) is 5.65 Å². The number of carbonyl (C=O) groups excluding carboxylic acids is 4. The third-order valence-corrected chi connectivity index (χ3v) is 7.27. The normalized spacial score (nSPS) is 16.8. The maximum absolute atomic E-state index is 15.2. The molecule has 0 saturated carbocycles. The summed E-state index contributed by atoms with van der Waals surface area (Å²) in [6, 6.07) is 2.10. The standard InChI is InChI=1S/C27H30F2N8O6/c1-3-33(25(39)21-15-36-5-4-30-13-22(36)32-21)16-23(38)34-6-8-35(9-7-34)24-19(28)10-17(11-20(24)29)37-14-18(43-27(37)41)12-31-26(40)42-2/h4-5,10-11,13,15,18H,3,6-9,12,14,16H2,1-2H3,(H,31,40). The second-order valence-corrected chi connectivity index (χ2v) is 9.90. The number of rotatable bonds is 8. The molecule has 0 spiro atoms. The van der Waals surface area contributed by atoms with Crippen LogP contribution in [-0.4, -0.2) is 114 Å². The van der Waals surface area contributed by atoms with Crippen molar-refractivity contribution < 1.29 is 37.4 Å². The first-order valence-corrected chi connectivity index (χ1v) is 13.6. The van der Waals surface area contributed by atoms with Crippen molar-refractivity contribution in [1.29, 1.82) is 0 Å². The molecule has 2 aliphatic heterocycles. The average molecular weight is 601 g/mol. The lowest BCUT2D eigenvalue weighted by Gasteiger charge is -2.37. The predicted octanol–water partition coefficient (Wildman–Crippen LogP) is 1.50. The first-order valence-electron chi connectivity index (χ1n) is 13.6. The highest BCUT2D eigenvalue weighted by Crippen LogP contribution is 2.31. The Kier molecular flexibility index (Phi) is 8.54. The minimum Gasteiger partial charge on any atom is -0.453 e. The second-order valence-electron chi connectivity index (χ2n) is 9.90. The largest absolute Gasteiger partial charge is 0.453 e. The number of benzene rings is 1. The van der Waals surface area contributed by atoms with Gasteiger partial charge in [-0.2, -0.15) is 0 Å². The summed E-state index contributed by atoms with van der Waals surface area (Å²) in [7, 11) is 1.19. The summed E-state index contributed by atoms with van der Waals surface area (Å²) in [6.45, 7) is 2.54. The zero-order chi connectivity index (χ0) is 30.7. The number of amides is 4. The summed E-state index contributed by atoms with van der Waals surface area (Å²) in [5.41, 5.74) is 0.412. The molecule has 1 unspecified atom stereocenters. The fraction of sp³-hybridized carbons (Fsp3) is 0.407. The Labute approximate surface area is 244 Å². The molecule has 2 saturated heterocycles. The zero-order valence-electron chi connectivity index (χ0n) is 23.5. The van der Waals surface area contributed by atoms with Crippen LogP contribution in [0.5, 0.6) is 0 Å². The number of nitrogens with one attached hydrogen (secondary N) is 1. The van der Waals surface area contributed by atoms with Gasteiger partial charge in [0.1, 0.15) is 24.0 Å². The van der Waals surface area contributed by atoms with Gasteiger partial charge in [0.15, 0.2) is 17.3 Å². The number of nitrogens with zero attached hydrogens (tertiary/aromatic N) is 7. The number of alkyl carbamates (subject to hydrolysis) is 1. The van der Waals surface area contributed by atoms with Crippen molar-refractivity contribution in [2.45, 2.75) is 13.0 Å². The number of piperazine rings is 1. The summed E-state index contributed by atoms with van der Waals surface area (Å²) >= 11 is 0. The number of imidazole rings is 1. The number of aromatic nitrogens is 3. The maximum atomic E-state index is 15.2. The number of methoxy groups -OCH3 is 1. The van der Waals surface area contributed by atoms with Gasteiger partial charge in [0.2, 0.25) is 5.91 Å². The van der Waals surface area contributed by atoms with E-state index >= 15 is 8.78 Å². The summed E-state index contributed by atoms with van der Waals surface area (Å²) in [6.07, 6.45) is 4.13. The van der Waals surface area contributed by atoms with Gasteiger partial charge in [-0.1, -0.05) is 0 Å². The highest BCUT2D eigenvalue weighted by atomic mass is 19.1. The average Bonchev–Trinajstić information content (AvgIpc) is 3.61.